The van der Waals surface area contributed by atoms with Gasteiger partial charge in [0.1, 0.15) is 11.5 Å². The van der Waals surface area contributed by atoms with Crippen molar-refractivity contribution in [3.05, 3.63) is 23.8 Å². The predicted octanol–water partition coefficient (Wildman–Crippen LogP) is 2.59. The molecular weight excluding hydrogens is 328 g/mol. The zero-order valence-electron chi connectivity index (χ0n) is 16.9. The lowest BCUT2D eigenvalue weighted by atomic mass is 10.0. The standard InChI is InChI=1S/C20H34N4O2/c1-6-24-12-8-7-9-17(24)14-22-20(21-2)23(3)15-16-10-11-18(25-4)13-19(16)26-5/h10-11,13,17H,6-9,12,14-15H2,1-5H3,(H,21,22). The first-order valence-electron chi connectivity index (χ1n) is 9.49. The molecule has 0 bridgehead atoms. The summed E-state index contributed by atoms with van der Waals surface area (Å²) in [5.74, 6) is 2.54. The highest BCUT2D eigenvalue weighted by atomic mass is 16.5. The molecule has 1 N–H and O–H groups in total. The lowest BCUT2D eigenvalue weighted by Gasteiger charge is -2.35. The van der Waals surface area contributed by atoms with Crippen LogP contribution in [0.1, 0.15) is 31.7 Å². The smallest absolute Gasteiger partial charge is 0.193 e. The maximum absolute atomic E-state index is 5.51. The summed E-state index contributed by atoms with van der Waals surface area (Å²) in [5.41, 5.74) is 1.10. The Labute approximate surface area is 158 Å². The number of likely N-dealkylation sites (N-methyl/N-ethyl adjacent to an activating group) is 1. The van der Waals surface area contributed by atoms with Gasteiger partial charge in [0.15, 0.2) is 5.96 Å². The molecule has 6 nitrogen and oxygen atoms in total. The summed E-state index contributed by atoms with van der Waals surface area (Å²) in [7, 11) is 7.24. The van der Waals surface area contributed by atoms with E-state index in [-0.39, 0.29) is 0 Å². The van der Waals surface area contributed by atoms with Gasteiger partial charge in [-0.1, -0.05) is 13.3 Å². The molecule has 1 aromatic rings. The van der Waals surface area contributed by atoms with Crippen molar-refractivity contribution in [3.8, 4) is 11.5 Å². The quantitative estimate of drug-likeness (QED) is 0.597. The second kappa shape index (κ2) is 10.3. The van der Waals surface area contributed by atoms with E-state index >= 15 is 0 Å². The molecule has 0 amide bonds. The number of hydrogen-bond donors (Lipinski definition) is 1. The summed E-state index contributed by atoms with van der Waals surface area (Å²) in [6.07, 6.45) is 3.89. The van der Waals surface area contributed by atoms with Crippen molar-refractivity contribution in [1.29, 1.82) is 0 Å². The highest BCUT2D eigenvalue weighted by Gasteiger charge is 2.21. The normalized spacial score (nSPS) is 18.5. The minimum atomic E-state index is 0.592. The average molecular weight is 363 g/mol. The van der Waals surface area contributed by atoms with Crippen LogP contribution in [0.5, 0.6) is 11.5 Å². The average Bonchev–Trinajstić information content (AvgIpc) is 2.69. The zero-order chi connectivity index (χ0) is 18.9. The third-order valence-corrected chi connectivity index (χ3v) is 5.13. The Kier molecular flexibility index (Phi) is 8.04. The first kappa shape index (κ1) is 20.4. The van der Waals surface area contributed by atoms with Crippen molar-refractivity contribution < 1.29 is 9.47 Å². The Bertz CT molecular complexity index is 591. The number of guanidine groups is 1. The largest absolute Gasteiger partial charge is 0.497 e. The van der Waals surface area contributed by atoms with Crippen LogP contribution < -0.4 is 14.8 Å². The van der Waals surface area contributed by atoms with Crippen LogP contribution in [0.25, 0.3) is 0 Å². The molecule has 1 fully saturated rings. The highest BCUT2D eigenvalue weighted by molar-refractivity contribution is 5.79. The van der Waals surface area contributed by atoms with Gasteiger partial charge in [-0.15, -0.1) is 0 Å². The maximum atomic E-state index is 5.51. The Morgan fingerprint density at radius 2 is 2.12 bits per heavy atom. The van der Waals surface area contributed by atoms with Gasteiger partial charge in [0.2, 0.25) is 0 Å². The molecule has 26 heavy (non-hydrogen) atoms. The van der Waals surface area contributed by atoms with Crippen LogP contribution in [-0.4, -0.2) is 69.8 Å². The topological polar surface area (TPSA) is 49.3 Å². The number of rotatable bonds is 7. The van der Waals surface area contributed by atoms with E-state index in [9.17, 15) is 0 Å². The molecule has 0 aromatic heterocycles. The molecule has 1 aromatic carbocycles. The van der Waals surface area contributed by atoms with E-state index in [1.165, 1.54) is 25.8 Å². The number of likely N-dealkylation sites (tertiary alicyclic amines) is 1. The van der Waals surface area contributed by atoms with Crippen LogP contribution in [0.3, 0.4) is 0 Å². The third-order valence-electron chi connectivity index (χ3n) is 5.13. The number of methoxy groups -OCH3 is 2. The van der Waals surface area contributed by atoms with Gasteiger partial charge in [-0.2, -0.15) is 0 Å². The van der Waals surface area contributed by atoms with Gasteiger partial charge < -0.3 is 19.7 Å². The maximum Gasteiger partial charge on any atom is 0.193 e. The molecule has 146 valence electrons. The lowest BCUT2D eigenvalue weighted by molar-refractivity contribution is 0.156. The number of nitrogens with one attached hydrogen (secondary N) is 1. The number of benzene rings is 1. The predicted molar refractivity (Wildman–Crippen MR) is 107 cm³/mol. The van der Waals surface area contributed by atoms with Crippen molar-refractivity contribution in [2.75, 3.05) is 47.9 Å². The van der Waals surface area contributed by atoms with E-state index in [0.717, 1.165) is 42.7 Å². The van der Waals surface area contributed by atoms with Gasteiger partial charge in [0, 0.05) is 44.9 Å². The molecule has 0 saturated carbocycles. The fraction of sp³-hybridized carbons (Fsp3) is 0.650. The molecule has 2 rings (SSSR count). The fourth-order valence-corrected chi connectivity index (χ4v) is 3.61. The first-order valence-corrected chi connectivity index (χ1v) is 9.49. The van der Waals surface area contributed by atoms with Crippen LogP contribution in [0.15, 0.2) is 23.2 Å². The summed E-state index contributed by atoms with van der Waals surface area (Å²) in [6, 6.07) is 6.51. The van der Waals surface area contributed by atoms with Gasteiger partial charge in [-0.25, -0.2) is 0 Å². The molecule has 6 heteroatoms. The fourth-order valence-electron chi connectivity index (χ4n) is 3.61. The van der Waals surface area contributed by atoms with E-state index in [1.54, 1.807) is 14.2 Å². The van der Waals surface area contributed by atoms with Crippen LogP contribution >= 0.6 is 0 Å². The van der Waals surface area contributed by atoms with Crippen LogP contribution in [0.4, 0.5) is 0 Å². The third kappa shape index (κ3) is 5.27. The molecular formula is C20H34N4O2. The van der Waals surface area contributed by atoms with E-state index in [1.807, 2.05) is 25.2 Å². The molecule has 1 aliphatic rings. The van der Waals surface area contributed by atoms with E-state index in [0.29, 0.717) is 6.04 Å². The van der Waals surface area contributed by atoms with Crippen molar-refractivity contribution in [3.63, 3.8) is 0 Å². The molecule has 0 aliphatic carbocycles. The number of nitrogens with zero attached hydrogens (tertiary/aromatic N) is 3. The summed E-state index contributed by atoms with van der Waals surface area (Å²) < 4.78 is 10.8. The van der Waals surface area contributed by atoms with Crippen molar-refractivity contribution in [2.45, 2.75) is 38.8 Å². The SMILES string of the molecule is CCN1CCCCC1CNC(=NC)N(C)Cc1ccc(OC)cc1OC. The lowest BCUT2D eigenvalue weighted by Crippen LogP contribution is -2.49. The molecule has 0 radical (unpaired) electrons. The van der Waals surface area contributed by atoms with E-state index in [4.69, 9.17) is 9.47 Å². The van der Waals surface area contributed by atoms with Crippen molar-refractivity contribution in [2.24, 2.45) is 4.99 Å². The number of hydrogen-bond acceptors (Lipinski definition) is 4. The first-order chi connectivity index (χ1) is 12.6. The molecule has 1 aliphatic heterocycles. The molecule has 1 atom stereocenters. The summed E-state index contributed by atoms with van der Waals surface area (Å²) >= 11 is 0. The second-order valence-electron chi connectivity index (χ2n) is 6.74. The Morgan fingerprint density at radius 1 is 1.31 bits per heavy atom. The molecule has 1 saturated heterocycles. The van der Waals surface area contributed by atoms with Crippen molar-refractivity contribution in [1.82, 2.24) is 15.1 Å². The molecule has 0 spiro atoms. The van der Waals surface area contributed by atoms with E-state index in [2.05, 4.69) is 34.1 Å². The van der Waals surface area contributed by atoms with Crippen LogP contribution in [0, 0.1) is 0 Å². The Morgan fingerprint density at radius 3 is 2.77 bits per heavy atom. The number of ether oxygens (including phenoxy) is 2. The minimum absolute atomic E-state index is 0.592. The Hall–Kier alpha value is -1.95. The minimum Gasteiger partial charge on any atom is -0.497 e. The van der Waals surface area contributed by atoms with Gasteiger partial charge in [0.05, 0.1) is 14.2 Å². The summed E-state index contributed by atoms with van der Waals surface area (Å²) in [5, 5.41) is 3.55. The number of piperidine rings is 1. The van der Waals surface area contributed by atoms with Crippen molar-refractivity contribution >= 4 is 5.96 Å². The van der Waals surface area contributed by atoms with Gasteiger partial charge >= 0.3 is 0 Å². The van der Waals surface area contributed by atoms with E-state index < -0.39 is 0 Å². The van der Waals surface area contributed by atoms with Gasteiger partial charge in [0.25, 0.3) is 0 Å². The van der Waals surface area contributed by atoms with Gasteiger partial charge in [-0.3, -0.25) is 9.89 Å². The highest BCUT2D eigenvalue weighted by Crippen LogP contribution is 2.25. The number of aliphatic imine (C=N–C) groups is 1. The summed E-state index contributed by atoms with van der Waals surface area (Å²) in [4.78, 5) is 9.15. The van der Waals surface area contributed by atoms with Crippen LogP contribution in [-0.2, 0) is 6.54 Å². The van der Waals surface area contributed by atoms with Gasteiger partial charge in [-0.05, 0) is 38.1 Å². The van der Waals surface area contributed by atoms with Crippen LogP contribution in [0.2, 0.25) is 0 Å². The summed E-state index contributed by atoms with van der Waals surface area (Å²) in [6.45, 7) is 6.22. The molecule has 1 unspecified atom stereocenters. The molecule has 1 heterocycles. The monoisotopic (exact) mass is 362 g/mol. The second-order valence-corrected chi connectivity index (χ2v) is 6.74. The Balaban J connectivity index is 1.97. The zero-order valence-corrected chi connectivity index (χ0v) is 16.9.